The number of nitrogens with one attached hydrogen (secondary N) is 2. The standard InChI is InChI=1S/C22H27N5O6S/c1-5-22(3,29)14-23-18-12-11-17(13-19(18)27(30)31)34(32,33)24-20-15(2)25(4)26(21(20)28)16-9-7-6-8-10-16/h6-13,23-24,29H,5,14H2,1-4H3/t22-/m0/s1. The monoisotopic (exact) mass is 489 g/mol. The van der Waals surface area contributed by atoms with Gasteiger partial charge in [-0.25, -0.2) is 13.1 Å². The third-order valence-corrected chi connectivity index (χ3v) is 7.04. The Hall–Kier alpha value is -3.64. The van der Waals surface area contributed by atoms with E-state index in [0.29, 0.717) is 17.8 Å². The lowest BCUT2D eigenvalue weighted by Gasteiger charge is -2.22. The van der Waals surface area contributed by atoms with Crippen LogP contribution in [0.4, 0.5) is 17.1 Å². The molecule has 0 aliphatic rings. The van der Waals surface area contributed by atoms with Crippen molar-refractivity contribution in [3.63, 3.8) is 0 Å². The Balaban J connectivity index is 1.98. The summed E-state index contributed by atoms with van der Waals surface area (Å²) in [6.07, 6.45) is 0.418. The molecule has 3 N–H and O–H groups in total. The molecule has 0 amide bonds. The van der Waals surface area contributed by atoms with Crippen LogP contribution in [0, 0.1) is 17.0 Å². The molecule has 12 heteroatoms. The number of nitrogens with zero attached hydrogens (tertiary/aromatic N) is 3. The van der Waals surface area contributed by atoms with Gasteiger partial charge in [-0.1, -0.05) is 25.1 Å². The Morgan fingerprint density at radius 1 is 1.18 bits per heavy atom. The Labute approximate surface area is 196 Å². The molecule has 0 bridgehead atoms. The molecule has 1 heterocycles. The molecule has 0 saturated carbocycles. The van der Waals surface area contributed by atoms with Crippen molar-refractivity contribution in [2.75, 3.05) is 16.6 Å². The number of rotatable bonds is 9. The topological polar surface area (TPSA) is 149 Å². The molecule has 0 fully saturated rings. The van der Waals surface area contributed by atoms with Crippen molar-refractivity contribution < 1.29 is 18.4 Å². The van der Waals surface area contributed by atoms with Crippen LogP contribution in [0.2, 0.25) is 0 Å². The molecular weight excluding hydrogens is 462 g/mol. The van der Waals surface area contributed by atoms with Crippen LogP contribution in [0.25, 0.3) is 5.69 Å². The first-order valence-corrected chi connectivity index (χ1v) is 12.0. The van der Waals surface area contributed by atoms with Gasteiger partial charge in [-0.3, -0.25) is 24.3 Å². The molecule has 0 spiro atoms. The highest BCUT2D eigenvalue weighted by atomic mass is 32.2. The minimum absolute atomic E-state index is 0.0386. The molecule has 1 aromatic heterocycles. The Morgan fingerprint density at radius 3 is 2.41 bits per heavy atom. The molecule has 1 atom stereocenters. The maximum atomic E-state index is 13.1. The van der Waals surface area contributed by atoms with E-state index in [4.69, 9.17) is 0 Å². The zero-order valence-electron chi connectivity index (χ0n) is 19.3. The summed E-state index contributed by atoms with van der Waals surface area (Å²) in [5.74, 6) is 0. The van der Waals surface area contributed by atoms with E-state index >= 15 is 0 Å². The number of para-hydroxylation sites is 1. The van der Waals surface area contributed by atoms with Crippen LogP contribution in [0.1, 0.15) is 26.0 Å². The van der Waals surface area contributed by atoms with E-state index in [1.165, 1.54) is 21.5 Å². The van der Waals surface area contributed by atoms with Crippen LogP contribution in [-0.4, -0.2) is 40.0 Å². The molecule has 3 rings (SSSR count). The normalized spacial score (nSPS) is 13.3. The highest BCUT2D eigenvalue weighted by Gasteiger charge is 2.26. The Bertz CT molecular complexity index is 1380. The van der Waals surface area contributed by atoms with E-state index in [9.17, 15) is 28.4 Å². The van der Waals surface area contributed by atoms with Crippen LogP contribution >= 0.6 is 0 Å². The summed E-state index contributed by atoms with van der Waals surface area (Å²) >= 11 is 0. The van der Waals surface area contributed by atoms with Gasteiger partial charge in [-0.2, -0.15) is 0 Å². The maximum Gasteiger partial charge on any atom is 0.296 e. The van der Waals surface area contributed by atoms with Gasteiger partial charge in [0.25, 0.3) is 21.3 Å². The van der Waals surface area contributed by atoms with E-state index in [0.717, 1.165) is 6.07 Å². The van der Waals surface area contributed by atoms with Crippen molar-refractivity contribution in [3.05, 3.63) is 74.7 Å². The maximum absolute atomic E-state index is 13.1. The first kappa shape index (κ1) is 25.0. The summed E-state index contributed by atoms with van der Waals surface area (Å²) in [6, 6.07) is 12.1. The fraction of sp³-hybridized carbons (Fsp3) is 0.318. The van der Waals surface area contributed by atoms with Gasteiger partial charge in [-0.05, 0) is 44.5 Å². The van der Waals surface area contributed by atoms with E-state index in [2.05, 4.69) is 10.0 Å². The van der Waals surface area contributed by atoms with Crippen LogP contribution in [0.3, 0.4) is 0 Å². The number of aliphatic hydroxyl groups is 1. The fourth-order valence-corrected chi connectivity index (χ4v) is 4.40. The SMILES string of the molecule is CC[C@](C)(O)CNc1ccc(S(=O)(=O)Nc2c(C)n(C)n(-c3ccccc3)c2=O)cc1[N+](=O)[O-]. The van der Waals surface area contributed by atoms with Gasteiger partial charge in [0.1, 0.15) is 11.4 Å². The molecule has 0 aliphatic carbocycles. The molecule has 0 saturated heterocycles. The summed E-state index contributed by atoms with van der Waals surface area (Å²) in [4.78, 5) is 23.5. The smallest absolute Gasteiger partial charge is 0.296 e. The van der Waals surface area contributed by atoms with Crippen molar-refractivity contribution in [1.82, 2.24) is 9.36 Å². The molecular formula is C22H27N5O6S. The highest BCUT2D eigenvalue weighted by molar-refractivity contribution is 7.92. The van der Waals surface area contributed by atoms with Crippen molar-refractivity contribution in [3.8, 4) is 5.69 Å². The van der Waals surface area contributed by atoms with Gasteiger partial charge in [0, 0.05) is 19.7 Å². The minimum atomic E-state index is -4.32. The Morgan fingerprint density at radius 2 is 1.82 bits per heavy atom. The average molecular weight is 490 g/mol. The van der Waals surface area contributed by atoms with Crippen molar-refractivity contribution in [2.45, 2.75) is 37.7 Å². The van der Waals surface area contributed by atoms with Gasteiger partial charge < -0.3 is 10.4 Å². The van der Waals surface area contributed by atoms with E-state index in [1.54, 1.807) is 58.2 Å². The molecule has 0 unspecified atom stereocenters. The first-order valence-electron chi connectivity index (χ1n) is 10.5. The number of aromatic nitrogens is 2. The number of nitro groups is 1. The zero-order valence-corrected chi connectivity index (χ0v) is 20.1. The molecule has 11 nitrogen and oxygen atoms in total. The average Bonchev–Trinajstić information content (AvgIpc) is 3.00. The molecule has 182 valence electrons. The second-order valence-electron chi connectivity index (χ2n) is 8.18. The molecule has 2 aromatic carbocycles. The number of anilines is 2. The molecule has 0 aliphatic heterocycles. The van der Waals surface area contributed by atoms with Crippen molar-refractivity contribution in [1.29, 1.82) is 0 Å². The quantitative estimate of drug-likeness (QED) is 0.309. The molecule has 3 aromatic rings. The van der Waals surface area contributed by atoms with Crippen molar-refractivity contribution >= 4 is 27.1 Å². The van der Waals surface area contributed by atoms with Crippen LogP contribution in [0.5, 0.6) is 0 Å². The third kappa shape index (κ3) is 4.97. The summed E-state index contributed by atoms with van der Waals surface area (Å²) in [5, 5.41) is 24.5. The second-order valence-corrected chi connectivity index (χ2v) is 9.86. The minimum Gasteiger partial charge on any atom is -0.388 e. The lowest BCUT2D eigenvalue weighted by molar-refractivity contribution is -0.384. The molecule has 34 heavy (non-hydrogen) atoms. The first-order chi connectivity index (χ1) is 15.9. The summed E-state index contributed by atoms with van der Waals surface area (Å²) < 4.78 is 31.3. The fourth-order valence-electron chi connectivity index (χ4n) is 3.27. The summed E-state index contributed by atoms with van der Waals surface area (Å²) in [5.41, 5.74) is -1.31. The van der Waals surface area contributed by atoms with Gasteiger partial charge in [-0.15, -0.1) is 0 Å². The van der Waals surface area contributed by atoms with Crippen molar-refractivity contribution in [2.24, 2.45) is 7.05 Å². The van der Waals surface area contributed by atoms with Gasteiger partial charge in [0.2, 0.25) is 0 Å². The zero-order chi connectivity index (χ0) is 25.3. The van der Waals surface area contributed by atoms with E-state index in [1.807, 2.05) is 0 Å². The largest absolute Gasteiger partial charge is 0.388 e. The summed E-state index contributed by atoms with van der Waals surface area (Å²) in [6.45, 7) is 4.98. The lowest BCUT2D eigenvalue weighted by Crippen LogP contribution is -2.32. The predicted octanol–water partition coefficient (Wildman–Crippen LogP) is 2.77. The van der Waals surface area contributed by atoms with E-state index < -0.39 is 31.8 Å². The van der Waals surface area contributed by atoms with Gasteiger partial charge in [0.05, 0.1) is 26.8 Å². The van der Waals surface area contributed by atoms with Crippen LogP contribution in [0.15, 0.2) is 58.2 Å². The third-order valence-electron chi connectivity index (χ3n) is 5.69. The number of hydrogen-bond donors (Lipinski definition) is 3. The number of benzene rings is 2. The van der Waals surface area contributed by atoms with E-state index in [-0.39, 0.29) is 22.8 Å². The highest BCUT2D eigenvalue weighted by Crippen LogP contribution is 2.29. The lowest BCUT2D eigenvalue weighted by atomic mass is 10.0. The number of hydrogen-bond acceptors (Lipinski definition) is 7. The van der Waals surface area contributed by atoms with Crippen LogP contribution in [-0.2, 0) is 17.1 Å². The Kier molecular flexibility index (Phi) is 6.84. The van der Waals surface area contributed by atoms with Gasteiger partial charge in [0.15, 0.2) is 0 Å². The molecule has 0 radical (unpaired) electrons. The number of nitro benzene ring substituents is 1. The predicted molar refractivity (Wildman–Crippen MR) is 129 cm³/mol. The van der Waals surface area contributed by atoms with Crippen LogP contribution < -0.4 is 15.6 Å². The van der Waals surface area contributed by atoms with Gasteiger partial charge >= 0.3 is 0 Å². The second kappa shape index (κ2) is 9.31. The number of sulfonamides is 1. The summed E-state index contributed by atoms with van der Waals surface area (Å²) in [7, 11) is -2.70.